The molecule has 0 aliphatic carbocycles. The molecule has 5 aliphatic rings. The summed E-state index contributed by atoms with van der Waals surface area (Å²) in [5.41, 5.74) is -2.87. The van der Waals surface area contributed by atoms with Crippen LogP contribution in [0.2, 0.25) is 0 Å². The van der Waals surface area contributed by atoms with E-state index in [1.165, 1.54) is 28.8 Å². The fourth-order valence-corrected chi connectivity index (χ4v) is 7.51. The van der Waals surface area contributed by atoms with Crippen molar-refractivity contribution in [1.82, 2.24) is 44.5 Å². The maximum absolute atomic E-state index is 12.4. The zero-order valence-electron chi connectivity index (χ0n) is 35.3. The van der Waals surface area contributed by atoms with E-state index in [0.717, 1.165) is 9.80 Å². The predicted octanol–water partition coefficient (Wildman–Crippen LogP) is 2.67. The summed E-state index contributed by atoms with van der Waals surface area (Å²) in [5.74, 6) is -0.202. The molecule has 5 fully saturated rings. The van der Waals surface area contributed by atoms with Crippen molar-refractivity contribution in [2.24, 2.45) is 0 Å². The average molecular weight is 736 g/mol. The van der Waals surface area contributed by atoms with E-state index in [4.69, 9.17) is 0 Å². The molecule has 52 heavy (non-hydrogen) atoms. The predicted molar refractivity (Wildman–Crippen MR) is 198 cm³/mol. The highest BCUT2D eigenvalue weighted by Gasteiger charge is 2.60. The molecule has 0 unspecified atom stereocenters. The number of nitrogens with one attached hydrogen (secondary N) is 1. The van der Waals surface area contributed by atoms with Gasteiger partial charge in [0.05, 0.1) is 11.2 Å². The molecule has 296 valence electrons. The molecular formula is C36H65N9O7. The molecular weight excluding hydrogens is 670 g/mol. The van der Waals surface area contributed by atoms with Gasteiger partial charge in [-0.25, -0.2) is 14.4 Å². The lowest BCUT2D eigenvalue weighted by Gasteiger charge is -2.56. The van der Waals surface area contributed by atoms with E-state index in [0.29, 0.717) is 12.8 Å². The SMILES string of the molecule is CN1C(=O)C(C)(C)N(C)C1(C)C.CN1C(=O)N(C)C(C)(C)C1=O.CN1C(=O)N(C)C(C)(C)C1=O.CN1C(=O)NC2(CC(C)(C)N(C)C(C)(C)C2)C1=O. The van der Waals surface area contributed by atoms with Gasteiger partial charge in [0.1, 0.15) is 16.6 Å². The summed E-state index contributed by atoms with van der Waals surface area (Å²) in [5, 5.41) is 2.91. The molecule has 0 atom stereocenters. The Hall–Kier alpha value is -3.79. The van der Waals surface area contributed by atoms with E-state index in [2.05, 4.69) is 63.7 Å². The number of rotatable bonds is 0. The first kappa shape index (κ1) is 44.4. The van der Waals surface area contributed by atoms with Crippen LogP contribution in [0.4, 0.5) is 14.4 Å². The van der Waals surface area contributed by atoms with Gasteiger partial charge in [0, 0.05) is 53.4 Å². The highest BCUT2D eigenvalue weighted by molar-refractivity contribution is 6.07. The first-order chi connectivity index (χ1) is 23.0. The molecule has 16 heteroatoms. The van der Waals surface area contributed by atoms with Gasteiger partial charge in [-0.3, -0.25) is 43.7 Å². The molecule has 1 N–H and O–H groups in total. The Kier molecular flexibility index (Phi) is 11.6. The molecule has 0 radical (unpaired) electrons. The third-order valence-electron chi connectivity index (χ3n) is 12.4. The minimum Gasteiger partial charge on any atom is -0.326 e. The number of imide groups is 3. The molecule has 0 aromatic carbocycles. The van der Waals surface area contributed by atoms with Crippen LogP contribution < -0.4 is 5.32 Å². The van der Waals surface area contributed by atoms with Gasteiger partial charge in [-0.1, -0.05) is 0 Å². The molecule has 5 saturated heterocycles. The number of likely N-dealkylation sites (tertiary alicyclic amines) is 1. The highest BCUT2D eigenvalue weighted by Crippen LogP contribution is 2.44. The monoisotopic (exact) mass is 736 g/mol. The van der Waals surface area contributed by atoms with Gasteiger partial charge >= 0.3 is 18.1 Å². The van der Waals surface area contributed by atoms with Gasteiger partial charge in [-0.2, -0.15) is 0 Å². The molecule has 0 bridgehead atoms. The van der Waals surface area contributed by atoms with E-state index >= 15 is 0 Å². The normalized spacial score (nSPS) is 26.7. The smallest absolute Gasteiger partial charge is 0.326 e. The molecule has 5 aliphatic heterocycles. The number of hydrogen-bond acceptors (Lipinski definition) is 9. The molecule has 0 aromatic heterocycles. The second-order valence-electron chi connectivity index (χ2n) is 17.9. The Morgan fingerprint density at radius 1 is 0.423 bits per heavy atom. The van der Waals surface area contributed by atoms with Crippen molar-refractivity contribution in [1.29, 1.82) is 0 Å². The van der Waals surface area contributed by atoms with E-state index in [1.807, 2.05) is 27.9 Å². The quantitative estimate of drug-likeness (QED) is 0.370. The van der Waals surface area contributed by atoms with Crippen LogP contribution in [-0.2, 0) is 19.2 Å². The van der Waals surface area contributed by atoms with Crippen molar-refractivity contribution < 1.29 is 33.6 Å². The van der Waals surface area contributed by atoms with Crippen LogP contribution in [0.1, 0.15) is 95.9 Å². The van der Waals surface area contributed by atoms with Crippen molar-refractivity contribution in [2.45, 2.75) is 135 Å². The van der Waals surface area contributed by atoms with Crippen LogP contribution in [0.15, 0.2) is 0 Å². The van der Waals surface area contributed by atoms with E-state index < -0.39 is 16.6 Å². The number of carbonyl (C=O) groups excluding carboxylic acids is 7. The molecule has 0 aromatic rings. The molecule has 5 rings (SSSR count). The number of piperidine rings is 1. The van der Waals surface area contributed by atoms with Gasteiger partial charge in [-0.15, -0.1) is 0 Å². The van der Waals surface area contributed by atoms with Gasteiger partial charge < -0.3 is 20.0 Å². The third-order valence-corrected chi connectivity index (χ3v) is 12.4. The number of nitrogens with zero attached hydrogens (tertiary/aromatic N) is 8. The van der Waals surface area contributed by atoms with Crippen molar-refractivity contribution in [2.75, 3.05) is 56.4 Å². The topological polar surface area (TPSA) is 157 Å². The Balaban J connectivity index is 0.000000247. The largest absolute Gasteiger partial charge is 0.327 e. The lowest BCUT2D eigenvalue weighted by atomic mass is 9.69. The summed E-state index contributed by atoms with van der Waals surface area (Å²) in [7, 11) is 13.7. The Morgan fingerprint density at radius 2 is 0.769 bits per heavy atom. The van der Waals surface area contributed by atoms with Crippen LogP contribution in [0, 0.1) is 0 Å². The number of carbonyl (C=O) groups is 7. The van der Waals surface area contributed by atoms with Crippen molar-refractivity contribution in [3.05, 3.63) is 0 Å². The van der Waals surface area contributed by atoms with Crippen LogP contribution in [0.3, 0.4) is 0 Å². The lowest BCUT2D eigenvalue weighted by Crippen LogP contribution is -2.68. The van der Waals surface area contributed by atoms with Gasteiger partial charge in [0.2, 0.25) is 5.91 Å². The van der Waals surface area contributed by atoms with E-state index in [1.54, 1.807) is 53.7 Å². The summed E-state index contributed by atoms with van der Waals surface area (Å²) >= 11 is 0. The summed E-state index contributed by atoms with van der Waals surface area (Å²) in [4.78, 5) is 93.4. The zero-order chi connectivity index (χ0) is 41.3. The van der Waals surface area contributed by atoms with E-state index in [-0.39, 0.29) is 64.0 Å². The van der Waals surface area contributed by atoms with Crippen molar-refractivity contribution in [3.63, 3.8) is 0 Å². The van der Waals surface area contributed by atoms with Gasteiger partial charge in [-0.05, 0) is 110 Å². The minimum atomic E-state index is -0.731. The Morgan fingerprint density at radius 3 is 0.923 bits per heavy atom. The molecule has 1 spiro atoms. The van der Waals surface area contributed by atoms with Crippen molar-refractivity contribution in [3.8, 4) is 0 Å². The first-order valence-corrected chi connectivity index (χ1v) is 17.5. The Bertz CT molecular complexity index is 1450. The lowest BCUT2D eigenvalue weighted by molar-refractivity contribution is -0.138. The highest BCUT2D eigenvalue weighted by atomic mass is 16.2. The summed E-state index contributed by atoms with van der Waals surface area (Å²) in [6.45, 7) is 23.4. The zero-order valence-corrected chi connectivity index (χ0v) is 35.3. The maximum Gasteiger partial charge on any atom is 0.327 e. The van der Waals surface area contributed by atoms with E-state index in [9.17, 15) is 33.6 Å². The fraction of sp³-hybridized carbons (Fsp3) is 0.806. The fourth-order valence-electron chi connectivity index (χ4n) is 7.51. The number of urea groups is 3. The number of likely N-dealkylation sites (N-methyl/N-ethyl adjacent to an activating group) is 7. The van der Waals surface area contributed by atoms with Crippen LogP contribution in [-0.4, -0.2) is 176 Å². The Labute approximate surface area is 310 Å². The standard InChI is InChI=1S/C13H23N3O2.C9H18N2O.2C7H12N2O2/c1-11(2)7-13(8-12(3,4)16(11)6)9(17)15(5)10(18)14-13;1-8(2)7(12)10(5)9(3,4)11(8)6;2*1-7(2)5(10)8(3)6(11)9(7)4/h7-8H2,1-6H3,(H,14,18);1-6H3;2*1-4H3. The maximum atomic E-state index is 12.4. The summed E-state index contributed by atoms with van der Waals surface area (Å²) < 4.78 is 0. The van der Waals surface area contributed by atoms with Crippen molar-refractivity contribution >= 4 is 41.7 Å². The molecule has 16 nitrogen and oxygen atoms in total. The summed E-state index contributed by atoms with van der Waals surface area (Å²) in [6, 6.07) is -0.754. The molecule has 10 amide bonds. The summed E-state index contributed by atoms with van der Waals surface area (Å²) in [6.07, 6.45) is 1.30. The minimum absolute atomic E-state index is 0.0956. The third kappa shape index (κ3) is 7.12. The van der Waals surface area contributed by atoms with Crippen LogP contribution in [0.5, 0.6) is 0 Å². The number of amides is 10. The molecule has 0 saturated carbocycles. The van der Waals surface area contributed by atoms with Crippen LogP contribution in [0.25, 0.3) is 0 Å². The first-order valence-electron chi connectivity index (χ1n) is 17.5. The van der Waals surface area contributed by atoms with Gasteiger partial charge in [0.25, 0.3) is 17.7 Å². The number of hydrogen-bond donors (Lipinski definition) is 1. The molecule has 5 heterocycles. The van der Waals surface area contributed by atoms with Crippen LogP contribution >= 0.6 is 0 Å². The second kappa shape index (κ2) is 13.6. The second-order valence-corrected chi connectivity index (χ2v) is 17.9. The average Bonchev–Trinajstić information content (AvgIpc) is 3.42. The van der Waals surface area contributed by atoms with Gasteiger partial charge in [0.15, 0.2) is 0 Å².